The highest BCUT2D eigenvalue weighted by atomic mass is 35.5. The number of Topliss-reactive ketones (excluding diaryl/α,β-unsaturated/α-hetero) is 1. The molecule has 0 bridgehead atoms. The molecule has 92 valence electrons. The molecule has 0 atom stereocenters. The first-order valence-corrected chi connectivity index (χ1v) is 5.63. The fraction of sp³-hybridized carbons (Fsp3) is 0.385. The molecule has 0 heterocycles. The van der Waals surface area contributed by atoms with Gasteiger partial charge in [-0.05, 0) is 37.5 Å². The van der Waals surface area contributed by atoms with E-state index in [1.165, 1.54) is 7.11 Å². The Morgan fingerprint density at radius 3 is 2.29 bits per heavy atom. The molecule has 0 aliphatic carbocycles. The summed E-state index contributed by atoms with van der Waals surface area (Å²) in [5.74, 6) is 0.246. The van der Waals surface area contributed by atoms with Crippen molar-refractivity contribution in [2.24, 2.45) is 0 Å². The number of ether oxygens (including phenoxy) is 1. The number of benzene rings is 1. The molecule has 0 N–H and O–H groups in total. The van der Waals surface area contributed by atoms with Crippen molar-refractivity contribution in [2.75, 3.05) is 7.11 Å². The van der Waals surface area contributed by atoms with Crippen LogP contribution in [0.25, 0.3) is 0 Å². The van der Waals surface area contributed by atoms with Gasteiger partial charge in [0, 0.05) is 5.02 Å². The number of carbonyl (C=O) groups excluding carboxylic acids is 2. The third-order valence-corrected chi connectivity index (χ3v) is 3.48. The monoisotopic (exact) mass is 254 g/mol. The van der Waals surface area contributed by atoms with Crippen molar-refractivity contribution in [1.82, 2.24) is 0 Å². The molecule has 1 aromatic rings. The molecule has 1 aromatic carbocycles. The van der Waals surface area contributed by atoms with Gasteiger partial charge in [-0.15, -0.1) is 0 Å². The highest BCUT2D eigenvalue weighted by molar-refractivity contribution is 6.33. The van der Waals surface area contributed by atoms with E-state index in [1.807, 2.05) is 13.8 Å². The summed E-state index contributed by atoms with van der Waals surface area (Å²) in [6.45, 7) is 5.48. The van der Waals surface area contributed by atoms with E-state index in [0.717, 1.165) is 11.1 Å². The molecule has 0 fully saturated rings. The Hall–Kier alpha value is -1.35. The van der Waals surface area contributed by atoms with Gasteiger partial charge in [0.1, 0.15) is 12.0 Å². The Morgan fingerprint density at radius 1 is 1.24 bits per heavy atom. The molecule has 0 aliphatic rings. The van der Waals surface area contributed by atoms with E-state index in [4.69, 9.17) is 16.3 Å². The van der Waals surface area contributed by atoms with Crippen LogP contribution in [0.15, 0.2) is 0 Å². The Kier molecular flexibility index (Phi) is 4.29. The second-order valence-corrected chi connectivity index (χ2v) is 4.27. The molecular weight excluding hydrogens is 240 g/mol. The van der Waals surface area contributed by atoms with Crippen LogP contribution in [0.5, 0.6) is 5.75 Å². The van der Waals surface area contributed by atoms with Gasteiger partial charge in [0.15, 0.2) is 5.78 Å². The number of aldehydes is 1. The van der Waals surface area contributed by atoms with Crippen molar-refractivity contribution in [1.29, 1.82) is 0 Å². The van der Waals surface area contributed by atoms with Crippen molar-refractivity contribution in [3.63, 3.8) is 0 Å². The van der Waals surface area contributed by atoms with E-state index in [9.17, 15) is 9.59 Å². The quantitative estimate of drug-likeness (QED) is 0.471. The number of ketones is 1. The molecule has 0 saturated heterocycles. The van der Waals surface area contributed by atoms with E-state index >= 15 is 0 Å². The Labute approximate surface area is 106 Å². The summed E-state index contributed by atoms with van der Waals surface area (Å²) in [5.41, 5.74) is 2.80. The van der Waals surface area contributed by atoms with Gasteiger partial charge in [-0.2, -0.15) is 0 Å². The number of hydrogen-bond acceptors (Lipinski definition) is 3. The van der Waals surface area contributed by atoms with Crippen molar-refractivity contribution in [2.45, 2.75) is 27.2 Å². The number of hydrogen-bond donors (Lipinski definition) is 0. The normalized spacial score (nSPS) is 10.2. The molecule has 17 heavy (non-hydrogen) atoms. The standard InChI is InChI=1S/C13H15ClO3/c1-7-8(2)13(17-4)11(9(3)12(7)14)10(16)5-6-15/h6H,5H2,1-4H3. The van der Waals surface area contributed by atoms with Gasteiger partial charge in [-0.25, -0.2) is 0 Å². The third-order valence-electron chi connectivity index (χ3n) is 2.92. The first-order valence-electron chi connectivity index (χ1n) is 5.25. The SMILES string of the molecule is COc1c(C)c(C)c(Cl)c(C)c1C(=O)CC=O. The average molecular weight is 255 g/mol. The zero-order valence-corrected chi connectivity index (χ0v) is 11.1. The fourth-order valence-corrected chi connectivity index (χ4v) is 2.09. The summed E-state index contributed by atoms with van der Waals surface area (Å²) in [4.78, 5) is 22.3. The van der Waals surface area contributed by atoms with Gasteiger partial charge < -0.3 is 9.53 Å². The van der Waals surface area contributed by atoms with Crippen molar-refractivity contribution < 1.29 is 14.3 Å². The molecule has 3 nitrogen and oxygen atoms in total. The van der Waals surface area contributed by atoms with Crippen LogP contribution in [0.2, 0.25) is 5.02 Å². The number of methoxy groups -OCH3 is 1. The van der Waals surface area contributed by atoms with Crippen LogP contribution in [0.1, 0.15) is 33.5 Å². The highest BCUT2D eigenvalue weighted by Crippen LogP contribution is 2.36. The predicted octanol–water partition coefficient (Wildman–Crippen LogP) is 3.05. The fourth-order valence-electron chi connectivity index (χ4n) is 1.85. The summed E-state index contributed by atoms with van der Waals surface area (Å²) in [7, 11) is 1.51. The van der Waals surface area contributed by atoms with Crippen LogP contribution >= 0.6 is 11.6 Å². The topological polar surface area (TPSA) is 43.4 Å². The third kappa shape index (κ3) is 2.34. The summed E-state index contributed by atoms with van der Waals surface area (Å²) < 4.78 is 5.26. The van der Waals surface area contributed by atoms with Crippen molar-refractivity contribution in [3.05, 3.63) is 27.3 Å². The minimum Gasteiger partial charge on any atom is -0.496 e. The first kappa shape index (κ1) is 13.7. The molecule has 0 amide bonds. The van der Waals surface area contributed by atoms with Crippen LogP contribution in [0.4, 0.5) is 0 Å². The Morgan fingerprint density at radius 2 is 1.82 bits per heavy atom. The van der Waals surface area contributed by atoms with Gasteiger partial charge in [0.2, 0.25) is 0 Å². The molecule has 0 spiro atoms. The summed E-state index contributed by atoms with van der Waals surface area (Å²) >= 11 is 6.17. The van der Waals surface area contributed by atoms with Crippen molar-refractivity contribution in [3.8, 4) is 5.75 Å². The largest absolute Gasteiger partial charge is 0.496 e. The predicted molar refractivity (Wildman–Crippen MR) is 67.2 cm³/mol. The van der Waals surface area contributed by atoms with E-state index in [-0.39, 0.29) is 12.2 Å². The number of carbonyl (C=O) groups is 2. The Balaban J connectivity index is 3.57. The molecule has 0 saturated carbocycles. The molecule has 0 unspecified atom stereocenters. The lowest BCUT2D eigenvalue weighted by atomic mass is 9.95. The van der Waals surface area contributed by atoms with Crippen LogP contribution < -0.4 is 4.74 Å². The average Bonchev–Trinajstić information content (AvgIpc) is 2.31. The second-order valence-electron chi connectivity index (χ2n) is 3.89. The lowest BCUT2D eigenvalue weighted by Gasteiger charge is -2.17. The smallest absolute Gasteiger partial charge is 0.173 e. The van der Waals surface area contributed by atoms with E-state index in [2.05, 4.69) is 0 Å². The molecule has 4 heteroatoms. The van der Waals surface area contributed by atoms with E-state index in [1.54, 1.807) is 6.92 Å². The molecule has 0 aromatic heterocycles. The molecule has 0 aliphatic heterocycles. The lowest BCUT2D eigenvalue weighted by molar-refractivity contribution is -0.107. The summed E-state index contributed by atoms with van der Waals surface area (Å²) in [6, 6.07) is 0. The zero-order chi connectivity index (χ0) is 13.2. The van der Waals surface area contributed by atoms with Gasteiger partial charge in [-0.3, -0.25) is 4.79 Å². The van der Waals surface area contributed by atoms with Gasteiger partial charge >= 0.3 is 0 Å². The van der Waals surface area contributed by atoms with Crippen LogP contribution in [-0.4, -0.2) is 19.2 Å². The minimum atomic E-state index is -0.264. The highest BCUT2D eigenvalue weighted by Gasteiger charge is 2.21. The van der Waals surface area contributed by atoms with Crippen LogP contribution in [0, 0.1) is 20.8 Å². The lowest BCUT2D eigenvalue weighted by Crippen LogP contribution is -2.08. The van der Waals surface area contributed by atoms with E-state index in [0.29, 0.717) is 28.2 Å². The second kappa shape index (κ2) is 5.32. The molecule has 1 rings (SSSR count). The summed E-state index contributed by atoms with van der Waals surface area (Å²) in [5, 5.41) is 0.553. The number of halogens is 1. The van der Waals surface area contributed by atoms with Gasteiger partial charge in [-0.1, -0.05) is 11.6 Å². The summed E-state index contributed by atoms with van der Waals surface area (Å²) in [6.07, 6.45) is 0.431. The van der Waals surface area contributed by atoms with Crippen LogP contribution in [0.3, 0.4) is 0 Å². The Bertz CT molecular complexity index is 478. The molecular formula is C13H15ClO3. The maximum absolute atomic E-state index is 11.9. The molecule has 0 radical (unpaired) electrons. The van der Waals surface area contributed by atoms with Gasteiger partial charge in [0.05, 0.1) is 19.1 Å². The van der Waals surface area contributed by atoms with Crippen molar-refractivity contribution >= 4 is 23.7 Å². The van der Waals surface area contributed by atoms with E-state index < -0.39 is 0 Å². The minimum absolute atomic E-state index is 0.157. The van der Waals surface area contributed by atoms with Crippen LogP contribution in [-0.2, 0) is 4.79 Å². The zero-order valence-electron chi connectivity index (χ0n) is 10.4. The van der Waals surface area contributed by atoms with Gasteiger partial charge in [0.25, 0.3) is 0 Å². The first-order chi connectivity index (χ1) is 7.95. The maximum atomic E-state index is 11.9. The maximum Gasteiger partial charge on any atom is 0.173 e. The number of rotatable bonds is 4.